The van der Waals surface area contributed by atoms with Crippen LogP contribution < -0.4 is 21.3 Å². The van der Waals surface area contributed by atoms with Gasteiger partial charge >= 0.3 is 0 Å². The lowest BCUT2D eigenvalue weighted by Gasteiger charge is -2.36. The lowest BCUT2D eigenvalue weighted by Crippen LogP contribution is -2.46. The number of nitrogens with zero attached hydrogens (tertiary/aromatic N) is 4. The number of rotatable bonds is 4. The fourth-order valence-electron chi connectivity index (χ4n) is 2.76. The highest BCUT2D eigenvalue weighted by Gasteiger charge is 2.18. The standard InChI is InChI=1S/C17H21FN6.HI/c18-14-1-3-15(4-2-14)23-7-9-24(10-8-23)16-11-13(5-6-21-16)12-22-17(19)20;/h1-6,11H,7-10,12H2,(H4,19,20,22);1H. The van der Waals surface area contributed by atoms with Crippen LogP contribution in [0.25, 0.3) is 0 Å². The molecule has 1 saturated heterocycles. The third-order valence-electron chi connectivity index (χ3n) is 4.05. The summed E-state index contributed by atoms with van der Waals surface area (Å²) in [5, 5.41) is 0. The molecule has 6 nitrogen and oxygen atoms in total. The van der Waals surface area contributed by atoms with Gasteiger partial charge in [0.2, 0.25) is 0 Å². The van der Waals surface area contributed by atoms with E-state index in [0.29, 0.717) is 6.54 Å². The Morgan fingerprint density at radius 2 is 1.68 bits per heavy atom. The minimum atomic E-state index is -0.209. The minimum absolute atomic E-state index is 0. The maximum absolute atomic E-state index is 13.0. The number of nitrogens with two attached hydrogens (primary N) is 2. The van der Waals surface area contributed by atoms with E-state index < -0.39 is 0 Å². The van der Waals surface area contributed by atoms with Crippen LogP contribution in [0.5, 0.6) is 0 Å². The SMILES string of the molecule is I.NC(N)=NCc1ccnc(N2CCN(c3ccc(F)cc3)CC2)c1. The summed E-state index contributed by atoms with van der Waals surface area (Å²) in [6.07, 6.45) is 1.78. The van der Waals surface area contributed by atoms with E-state index in [2.05, 4.69) is 19.8 Å². The number of anilines is 2. The Hall–Kier alpha value is -2.10. The molecule has 1 fully saturated rings. The van der Waals surface area contributed by atoms with E-state index in [4.69, 9.17) is 11.5 Å². The Morgan fingerprint density at radius 3 is 2.32 bits per heavy atom. The molecule has 0 amide bonds. The summed E-state index contributed by atoms with van der Waals surface area (Å²) in [4.78, 5) is 13.0. The highest BCUT2D eigenvalue weighted by atomic mass is 127. The van der Waals surface area contributed by atoms with Crippen molar-refractivity contribution in [2.24, 2.45) is 16.5 Å². The van der Waals surface area contributed by atoms with Crippen molar-refractivity contribution >= 4 is 41.4 Å². The fraction of sp³-hybridized carbons (Fsp3) is 0.294. The van der Waals surface area contributed by atoms with Gasteiger partial charge in [0.15, 0.2) is 5.96 Å². The zero-order chi connectivity index (χ0) is 16.9. The highest BCUT2D eigenvalue weighted by molar-refractivity contribution is 14.0. The van der Waals surface area contributed by atoms with Gasteiger partial charge in [-0.1, -0.05) is 0 Å². The molecule has 0 spiro atoms. The molecule has 0 unspecified atom stereocenters. The lowest BCUT2D eigenvalue weighted by atomic mass is 10.2. The molecule has 2 aromatic rings. The highest BCUT2D eigenvalue weighted by Crippen LogP contribution is 2.20. The van der Waals surface area contributed by atoms with E-state index >= 15 is 0 Å². The molecule has 0 radical (unpaired) electrons. The maximum atomic E-state index is 13.0. The third kappa shape index (κ3) is 5.18. The number of pyridine rings is 1. The molecule has 1 aliphatic heterocycles. The van der Waals surface area contributed by atoms with Crippen LogP contribution in [0, 0.1) is 5.82 Å². The largest absolute Gasteiger partial charge is 0.370 e. The Balaban J connectivity index is 0.00000225. The molecule has 0 atom stereocenters. The van der Waals surface area contributed by atoms with Crippen LogP contribution in [0.3, 0.4) is 0 Å². The minimum Gasteiger partial charge on any atom is -0.370 e. The zero-order valence-electron chi connectivity index (χ0n) is 13.8. The van der Waals surface area contributed by atoms with Crippen LogP contribution in [-0.2, 0) is 6.54 Å². The maximum Gasteiger partial charge on any atom is 0.186 e. The first-order valence-corrected chi connectivity index (χ1v) is 7.87. The van der Waals surface area contributed by atoms with E-state index in [1.54, 1.807) is 6.20 Å². The van der Waals surface area contributed by atoms with Gasteiger partial charge in [0.1, 0.15) is 11.6 Å². The summed E-state index contributed by atoms with van der Waals surface area (Å²) in [5.74, 6) is 0.803. The summed E-state index contributed by atoms with van der Waals surface area (Å²) in [5.41, 5.74) is 12.8. The second-order valence-corrected chi connectivity index (χ2v) is 5.71. The van der Waals surface area contributed by atoms with Crippen LogP contribution in [0.4, 0.5) is 15.9 Å². The summed E-state index contributed by atoms with van der Waals surface area (Å²) < 4.78 is 13.0. The first-order chi connectivity index (χ1) is 11.6. The Kier molecular flexibility index (Phi) is 6.80. The predicted molar refractivity (Wildman–Crippen MR) is 110 cm³/mol. The molecule has 1 aromatic carbocycles. The summed E-state index contributed by atoms with van der Waals surface area (Å²) in [7, 11) is 0. The van der Waals surface area contributed by atoms with Gasteiger partial charge < -0.3 is 21.3 Å². The van der Waals surface area contributed by atoms with Gasteiger partial charge in [-0.05, 0) is 42.0 Å². The second-order valence-electron chi connectivity index (χ2n) is 5.71. The average molecular weight is 456 g/mol. The first-order valence-electron chi connectivity index (χ1n) is 7.87. The van der Waals surface area contributed by atoms with Crippen molar-refractivity contribution in [1.82, 2.24) is 4.98 Å². The van der Waals surface area contributed by atoms with Crippen molar-refractivity contribution in [2.75, 3.05) is 36.0 Å². The van der Waals surface area contributed by atoms with Gasteiger partial charge in [0.05, 0.1) is 6.54 Å². The molecule has 1 aliphatic rings. The average Bonchev–Trinajstić information content (AvgIpc) is 2.61. The number of hydrogen-bond donors (Lipinski definition) is 2. The van der Waals surface area contributed by atoms with Gasteiger partial charge in [-0.2, -0.15) is 0 Å². The number of halogens is 2. The van der Waals surface area contributed by atoms with Crippen LogP contribution in [0.15, 0.2) is 47.6 Å². The first kappa shape index (κ1) is 19.2. The number of aromatic nitrogens is 1. The van der Waals surface area contributed by atoms with Crippen molar-refractivity contribution in [2.45, 2.75) is 6.54 Å². The molecule has 25 heavy (non-hydrogen) atoms. The smallest absolute Gasteiger partial charge is 0.186 e. The zero-order valence-corrected chi connectivity index (χ0v) is 16.1. The Labute approximate surface area is 163 Å². The van der Waals surface area contributed by atoms with Gasteiger partial charge in [-0.25, -0.2) is 14.4 Å². The Morgan fingerprint density at radius 1 is 1.04 bits per heavy atom. The molecule has 2 heterocycles. The van der Waals surface area contributed by atoms with Crippen molar-refractivity contribution in [3.05, 3.63) is 54.0 Å². The van der Waals surface area contributed by atoms with Crippen molar-refractivity contribution in [3.63, 3.8) is 0 Å². The molecule has 0 aliphatic carbocycles. The van der Waals surface area contributed by atoms with E-state index in [-0.39, 0.29) is 35.8 Å². The summed E-state index contributed by atoms with van der Waals surface area (Å²) in [6, 6.07) is 10.6. The van der Waals surface area contributed by atoms with Gasteiger partial charge in [-0.3, -0.25) is 0 Å². The van der Waals surface area contributed by atoms with E-state index in [1.807, 2.05) is 24.3 Å². The van der Waals surface area contributed by atoms with E-state index in [1.165, 1.54) is 12.1 Å². The molecule has 0 saturated carbocycles. The van der Waals surface area contributed by atoms with Gasteiger partial charge in [-0.15, -0.1) is 24.0 Å². The summed E-state index contributed by atoms with van der Waals surface area (Å²) >= 11 is 0. The molecule has 1 aromatic heterocycles. The number of guanidine groups is 1. The Bertz CT molecular complexity index is 709. The van der Waals surface area contributed by atoms with Crippen LogP contribution in [0.1, 0.15) is 5.56 Å². The predicted octanol–water partition coefficient (Wildman–Crippen LogP) is 1.94. The lowest BCUT2D eigenvalue weighted by molar-refractivity contribution is 0.624. The number of benzene rings is 1. The van der Waals surface area contributed by atoms with Crippen LogP contribution >= 0.6 is 24.0 Å². The van der Waals surface area contributed by atoms with Crippen LogP contribution in [-0.4, -0.2) is 37.1 Å². The molecular weight excluding hydrogens is 434 g/mol. The number of piperazine rings is 1. The number of aliphatic imine (C=N–C) groups is 1. The topological polar surface area (TPSA) is 83.8 Å². The van der Waals surface area contributed by atoms with E-state index in [0.717, 1.165) is 43.2 Å². The molecule has 8 heteroatoms. The molecular formula is C17H22FIN6. The number of hydrogen-bond acceptors (Lipinski definition) is 4. The van der Waals surface area contributed by atoms with Crippen LogP contribution in [0.2, 0.25) is 0 Å². The van der Waals surface area contributed by atoms with Gasteiger partial charge in [0.25, 0.3) is 0 Å². The monoisotopic (exact) mass is 456 g/mol. The molecule has 0 bridgehead atoms. The third-order valence-corrected chi connectivity index (χ3v) is 4.05. The quantitative estimate of drug-likeness (QED) is 0.418. The second kappa shape index (κ2) is 8.84. The van der Waals surface area contributed by atoms with Gasteiger partial charge in [0, 0.05) is 38.1 Å². The normalized spacial score (nSPS) is 14.0. The fourth-order valence-corrected chi connectivity index (χ4v) is 2.76. The molecule has 3 rings (SSSR count). The van der Waals surface area contributed by atoms with Crippen molar-refractivity contribution in [1.29, 1.82) is 0 Å². The summed E-state index contributed by atoms with van der Waals surface area (Å²) in [6.45, 7) is 3.90. The molecule has 4 N–H and O–H groups in total. The van der Waals surface area contributed by atoms with E-state index in [9.17, 15) is 4.39 Å². The van der Waals surface area contributed by atoms with Crippen molar-refractivity contribution in [3.8, 4) is 0 Å². The van der Waals surface area contributed by atoms with Crippen molar-refractivity contribution < 1.29 is 4.39 Å². The molecule has 134 valence electrons.